The van der Waals surface area contributed by atoms with Crippen molar-refractivity contribution in [2.45, 2.75) is 43.9 Å². The van der Waals surface area contributed by atoms with Crippen molar-refractivity contribution in [2.75, 3.05) is 13.7 Å². The van der Waals surface area contributed by atoms with E-state index in [4.69, 9.17) is 14.5 Å². The van der Waals surface area contributed by atoms with Crippen LogP contribution in [0.1, 0.15) is 26.2 Å². The first-order valence-corrected chi connectivity index (χ1v) is 11.9. The van der Waals surface area contributed by atoms with Crippen LogP contribution < -0.4 is 20.1 Å². The molecule has 1 saturated heterocycles. The average Bonchev–Trinajstić information content (AvgIpc) is 3.40. The van der Waals surface area contributed by atoms with Crippen LogP contribution in [0.4, 0.5) is 0 Å². The van der Waals surface area contributed by atoms with Crippen LogP contribution in [-0.2, 0) is 9.59 Å². The molecule has 3 N–H and O–H groups in total. The molecule has 0 bridgehead atoms. The maximum atomic E-state index is 12.9. The van der Waals surface area contributed by atoms with Gasteiger partial charge in [-0.05, 0) is 24.5 Å². The summed E-state index contributed by atoms with van der Waals surface area (Å²) in [6, 6.07) is 17.0. The number of benzene rings is 2. The zero-order valence-electron chi connectivity index (χ0n) is 19.8. The van der Waals surface area contributed by atoms with Gasteiger partial charge in [-0.3, -0.25) is 4.79 Å². The first-order valence-electron chi connectivity index (χ1n) is 11.9. The summed E-state index contributed by atoms with van der Waals surface area (Å²) in [5, 5.41) is 16.5. The number of rotatable bonds is 8. The second kappa shape index (κ2) is 9.19. The molecular formula is C27H29N3O5. The summed E-state index contributed by atoms with van der Waals surface area (Å²) in [6.07, 6.45) is 1.40. The summed E-state index contributed by atoms with van der Waals surface area (Å²) >= 11 is 0. The summed E-state index contributed by atoms with van der Waals surface area (Å²) in [4.78, 5) is 29.4. The Kier molecular flexibility index (Phi) is 6.06. The normalized spacial score (nSPS) is 25.3. The number of hydrogen-bond acceptors (Lipinski definition) is 6. The van der Waals surface area contributed by atoms with Gasteiger partial charge in [0.25, 0.3) is 0 Å². The molecule has 182 valence electrons. The number of carboxylic acid groups (broad SMARTS) is 1. The van der Waals surface area contributed by atoms with Gasteiger partial charge in [-0.2, -0.15) is 0 Å². The number of aliphatic carboxylic acids is 1. The van der Waals surface area contributed by atoms with Crippen LogP contribution in [0.2, 0.25) is 0 Å². The number of pyridine rings is 1. The third-order valence-corrected chi connectivity index (χ3v) is 7.08. The Morgan fingerprint density at radius 1 is 1.20 bits per heavy atom. The number of hydrogen-bond donors (Lipinski definition) is 3. The highest BCUT2D eigenvalue weighted by atomic mass is 16.5. The molecular weight excluding hydrogens is 446 g/mol. The fraction of sp³-hybridized carbons (Fsp3) is 0.370. The Hall–Kier alpha value is -3.65. The van der Waals surface area contributed by atoms with Gasteiger partial charge in [0, 0.05) is 36.0 Å². The molecule has 2 fully saturated rings. The molecule has 0 radical (unpaired) electrons. The molecule has 8 nitrogen and oxygen atoms in total. The number of ether oxygens (including phenoxy) is 2. The van der Waals surface area contributed by atoms with Crippen LogP contribution in [0.5, 0.6) is 11.5 Å². The van der Waals surface area contributed by atoms with Crippen molar-refractivity contribution in [1.82, 2.24) is 15.6 Å². The first kappa shape index (κ1) is 23.1. The van der Waals surface area contributed by atoms with Crippen LogP contribution in [0.15, 0.2) is 54.6 Å². The van der Waals surface area contributed by atoms with E-state index in [2.05, 4.69) is 10.6 Å². The van der Waals surface area contributed by atoms with Gasteiger partial charge in [0.2, 0.25) is 5.91 Å². The van der Waals surface area contributed by atoms with E-state index in [1.54, 1.807) is 7.11 Å². The van der Waals surface area contributed by atoms with E-state index in [1.165, 1.54) is 0 Å². The van der Waals surface area contributed by atoms with Gasteiger partial charge >= 0.3 is 5.97 Å². The van der Waals surface area contributed by atoms with E-state index in [-0.39, 0.29) is 17.9 Å². The Labute approximate surface area is 203 Å². The summed E-state index contributed by atoms with van der Waals surface area (Å²) in [5.74, 6) is 0.117. The molecule has 1 aromatic heterocycles. The van der Waals surface area contributed by atoms with Gasteiger partial charge in [0.1, 0.15) is 23.1 Å². The standard InChI is InChI=1S/C27H29N3O5/c1-3-17-14-27(17,26(32)33)30-25(31)23-12-19(15-28-23)35-24-13-21(16-7-5-4-6-8-16)29-22-11-18(34-2)9-10-20(22)24/h4-11,13,17,19,23,28H,3,12,14-15H2,1-2H3,(H,30,31)(H,32,33). The summed E-state index contributed by atoms with van der Waals surface area (Å²) in [5.41, 5.74) is 1.38. The maximum Gasteiger partial charge on any atom is 0.329 e. The number of amides is 1. The monoisotopic (exact) mass is 475 g/mol. The number of fused-ring (bicyclic) bond motifs is 1. The topological polar surface area (TPSA) is 110 Å². The molecule has 2 aliphatic rings. The smallest absolute Gasteiger partial charge is 0.329 e. The molecule has 35 heavy (non-hydrogen) atoms. The lowest BCUT2D eigenvalue weighted by molar-refractivity contribution is -0.144. The van der Waals surface area contributed by atoms with E-state index in [9.17, 15) is 14.7 Å². The van der Waals surface area contributed by atoms with Gasteiger partial charge in [0.05, 0.1) is 24.4 Å². The predicted molar refractivity (Wildman–Crippen MR) is 131 cm³/mol. The fourth-order valence-electron chi connectivity index (χ4n) is 4.93. The summed E-state index contributed by atoms with van der Waals surface area (Å²) in [7, 11) is 1.62. The third kappa shape index (κ3) is 4.41. The minimum Gasteiger partial charge on any atom is -0.497 e. The molecule has 0 spiro atoms. The number of carboxylic acids is 1. The SMILES string of the molecule is CCC1CC1(NC(=O)C1CC(Oc2cc(-c3ccccc3)nc3cc(OC)ccc23)CN1)C(=O)O. The van der Waals surface area contributed by atoms with Crippen molar-refractivity contribution in [2.24, 2.45) is 5.92 Å². The molecule has 1 aliphatic heterocycles. The zero-order valence-corrected chi connectivity index (χ0v) is 19.8. The van der Waals surface area contributed by atoms with Crippen LogP contribution in [0.25, 0.3) is 22.2 Å². The van der Waals surface area contributed by atoms with Crippen molar-refractivity contribution >= 4 is 22.8 Å². The van der Waals surface area contributed by atoms with Gasteiger partial charge in [0.15, 0.2) is 0 Å². The Morgan fingerprint density at radius 2 is 2.00 bits per heavy atom. The van der Waals surface area contributed by atoms with Crippen molar-refractivity contribution in [3.05, 3.63) is 54.6 Å². The average molecular weight is 476 g/mol. The van der Waals surface area contributed by atoms with Gasteiger partial charge in [-0.25, -0.2) is 9.78 Å². The van der Waals surface area contributed by atoms with E-state index >= 15 is 0 Å². The van der Waals surface area contributed by atoms with Crippen LogP contribution in [0, 0.1) is 5.92 Å². The van der Waals surface area contributed by atoms with Crippen molar-refractivity contribution in [3.8, 4) is 22.8 Å². The quantitative estimate of drug-likeness (QED) is 0.458. The van der Waals surface area contributed by atoms with Crippen LogP contribution in [0.3, 0.4) is 0 Å². The lowest BCUT2D eigenvalue weighted by Gasteiger charge is -2.18. The number of nitrogens with zero attached hydrogens (tertiary/aromatic N) is 1. The summed E-state index contributed by atoms with van der Waals surface area (Å²) in [6.45, 7) is 2.42. The predicted octanol–water partition coefficient (Wildman–Crippen LogP) is 3.39. The second-order valence-corrected chi connectivity index (χ2v) is 9.27. The van der Waals surface area contributed by atoms with Crippen molar-refractivity contribution < 1.29 is 24.2 Å². The molecule has 4 unspecified atom stereocenters. The molecule has 1 saturated carbocycles. The molecule has 1 aliphatic carbocycles. The van der Waals surface area contributed by atoms with E-state index in [0.29, 0.717) is 30.9 Å². The second-order valence-electron chi connectivity index (χ2n) is 9.27. The molecule has 1 amide bonds. The Bertz CT molecular complexity index is 1260. The molecule has 8 heteroatoms. The molecule has 3 aromatic rings. The van der Waals surface area contributed by atoms with Crippen molar-refractivity contribution in [1.29, 1.82) is 0 Å². The maximum absolute atomic E-state index is 12.9. The van der Waals surface area contributed by atoms with Gasteiger partial charge < -0.3 is 25.2 Å². The Balaban J connectivity index is 1.36. The zero-order chi connectivity index (χ0) is 24.6. The Morgan fingerprint density at radius 3 is 2.69 bits per heavy atom. The molecule has 2 aromatic carbocycles. The minimum absolute atomic E-state index is 0.0195. The first-order chi connectivity index (χ1) is 16.9. The van der Waals surface area contributed by atoms with Gasteiger partial charge in [-0.15, -0.1) is 0 Å². The number of nitrogens with one attached hydrogen (secondary N) is 2. The van der Waals surface area contributed by atoms with Crippen LogP contribution in [-0.4, -0.2) is 53.3 Å². The minimum atomic E-state index is -1.13. The third-order valence-electron chi connectivity index (χ3n) is 7.08. The molecule has 5 rings (SSSR count). The number of carbonyl (C=O) groups is 2. The van der Waals surface area contributed by atoms with Crippen LogP contribution >= 0.6 is 0 Å². The highest BCUT2D eigenvalue weighted by Gasteiger charge is 2.61. The highest BCUT2D eigenvalue weighted by molar-refractivity contribution is 5.92. The van der Waals surface area contributed by atoms with Crippen molar-refractivity contribution in [3.63, 3.8) is 0 Å². The number of methoxy groups -OCH3 is 1. The largest absolute Gasteiger partial charge is 0.497 e. The summed E-state index contributed by atoms with van der Waals surface area (Å²) < 4.78 is 11.8. The van der Waals surface area contributed by atoms with Gasteiger partial charge in [-0.1, -0.05) is 43.7 Å². The fourth-order valence-corrected chi connectivity index (χ4v) is 4.93. The lowest BCUT2D eigenvalue weighted by atomic mass is 10.1. The number of aromatic nitrogens is 1. The van der Waals surface area contributed by atoms with E-state index in [0.717, 1.165) is 28.6 Å². The molecule has 4 atom stereocenters. The molecule has 2 heterocycles. The number of carbonyl (C=O) groups excluding carboxylic acids is 1. The van der Waals surface area contributed by atoms with E-state index in [1.807, 2.05) is 61.5 Å². The van der Waals surface area contributed by atoms with E-state index < -0.39 is 17.6 Å². The highest BCUT2D eigenvalue weighted by Crippen LogP contribution is 2.46. The lowest BCUT2D eigenvalue weighted by Crippen LogP contribution is -2.51.